The summed E-state index contributed by atoms with van der Waals surface area (Å²) in [6.07, 6.45) is 3.06. The number of aliphatic hydroxyl groups excluding tert-OH is 1. The van der Waals surface area contributed by atoms with Gasteiger partial charge in [0.05, 0.1) is 6.10 Å². The smallest absolute Gasteiger partial charge is 0.123 e. The van der Waals surface area contributed by atoms with Crippen LogP contribution in [0.3, 0.4) is 0 Å². The minimum Gasteiger partial charge on any atom is -0.393 e. The van der Waals surface area contributed by atoms with Crippen molar-refractivity contribution in [3.05, 3.63) is 35.6 Å². The van der Waals surface area contributed by atoms with Crippen LogP contribution in [0, 0.1) is 11.7 Å². The van der Waals surface area contributed by atoms with E-state index in [2.05, 4.69) is 4.90 Å². The molecule has 0 aromatic heterocycles. The van der Waals surface area contributed by atoms with Crippen LogP contribution in [0.25, 0.3) is 0 Å². The fraction of sp³-hybridized carbons (Fsp3) is 0.571. The minimum absolute atomic E-state index is 0.134. The summed E-state index contributed by atoms with van der Waals surface area (Å²) in [7, 11) is 2.05. The predicted molar refractivity (Wildman–Crippen MR) is 66.1 cm³/mol. The second kappa shape index (κ2) is 5.61. The summed E-state index contributed by atoms with van der Waals surface area (Å²) < 4.78 is 12.8. The molecule has 2 unspecified atom stereocenters. The summed E-state index contributed by atoms with van der Waals surface area (Å²) in [6.45, 7) is 1.72. The van der Waals surface area contributed by atoms with Crippen molar-refractivity contribution < 1.29 is 9.50 Å². The summed E-state index contributed by atoms with van der Waals surface area (Å²) in [5.41, 5.74) is 1.11. The van der Waals surface area contributed by atoms with Gasteiger partial charge in [0.2, 0.25) is 0 Å². The Morgan fingerprint density at radius 2 is 2.00 bits per heavy atom. The lowest BCUT2D eigenvalue weighted by atomic mass is 10.1. The largest absolute Gasteiger partial charge is 0.393 e. The average molecular weight is 237 g/mol. The van der Waals surface area contributed by atoms with Crippen LogP contribution in [0.1, 0.15) is 24.8 Å². The van der Waals surface area contributed by atoms with Crippen LogP contribution in [-0.2, 0) is 6.54 Å². The summed E-state index contributed by atoms with van der Waals surface area (Å²) in [5.74, 6) is 0.211. The second-order valence-corrected chi connectivity index (χ2v) is 5.08. The third kappa shape index (κ3) is 3.51. The first-order chi connectivity index (χ1) is 8.15. The molecule has 0 aliphatic heterocycles. The molecule has 1 aromatic carbocycles. The quantitative estimate of drug-likeness (QED) is 0.869. The molecule has 0 heterocycles. The Morgan fingerprint density at radius 1 is 1.29 bits per heavy atom. The normalized spacial score (nSPS) is 24.5. The molecule has 0 radical (unpaired) electrons. The van der Waals surface area contributed by atoms with E-state index in [4.69, 9.17) is 0 Å². The lowest BCUT2D eigenvalue weighted by molar-refractivity contribution is 0.108. The highest BCUT2D eigenvalue weighted by atomic mass is 19.1. The number of benzene rings is 1. The molecule has 94 valence electrons. The molecular weight excluding hydrogens is 217 g/mol. The molecule has 0 saturated heterocycles. The zero-order valence-corrected chi connectivity index (χ0v) is 10.3. The topological polar surface area (TPSA) is 23.5 Å². The maximum absolute atomic E-state index is 12.8. The third-order valence-electron chi connectivity index (χ3n) is 3.53. The highest BCUT2D eigenvalue weighted by molar-refractivity contribution is 5.15. The highest BCUT2D eigenvalue weighted by Gasteiger charge is 2.25. The van der Waals surface area contributed by atoms with E-state index in [1.165, 1.54) is 12.1 Å². The van der Waals surface area contributed by atoms with Gasteiger partial charge in [0.15, 0.2) is 0 Å². The summed E-state index contributed by atoms with van der Waals surface area (Å²) in [6, 6.07) is 6.62. The SMILES string of the molecule is CN(Cc1ccc(F)cc1)CC1CCCC1O. The van der Waals surface area contributed by atoms with Crippen molar-refractivity contribution in [2.75, 3.05) is 13.6 Å². The molecule has 1 aliphatic carbocycles. The summed E-state index contributed by atoms with van der Waals surface area (Å²) in [5, 5.41) is 9.76. The van der Waals surface area contributed by atoms with Crippen LogP contribution in [-0.4, -0.2) is 29.7 Å². The first-order valence-electron chi connectivity index (χ1n) is 6.26. The first-order valence-corrected chi connectivity index (χ1v) is 6.26. The number of hydrogen-bond acceptors (Lipinski definition) is 2. The van der Waals surface area contributed by atoms with Crippen molar-refractivity contribution in [2.24, 2.45) is 5.92 Å². The molecular formula is C14H20FNO. The van der Waals surface area contributed by atoms with Gasteiger partial charge < -0.3 is 10.0 Å². The van der Waals surface area contributed by atoms with Crippen LogP contribution < -0.4 is 0 Å². The van der Waals surface area contributed by atoms with Gasteiger partial charge in [-0.2, -0.15) is 0 Å². The molecule has 1 N–H and O–H groups in total. The average Bonchev–Trinajstić information content (AvgIpc) is 2.68. The Balaban J connectivity index is 1.84. The Labute approximate surface area is 102 Å². The van der Waals surface area contributed by atoms with Gasteiger partial charge >= 0.3 is 0 Å². The molecule has 1 fully saturated rings. The van der Waals surface area contributed by atoms with Gasteiger partial charge in [-0.15, -0.1) is 0 Å². The van der Waals surface area contributed by atoms with E-state index < -0.39 is 0 Å². The van der Waals surface area contributed by atoms with Crippen LogP contribution in [0.15, 0.2) is 24.3 Å². The van der Waals surface area contributed by atoms with Crippen molar-refractivity contribution in [2.45, 2.75) is 31.9 Å². The Kier molecular flexibility index (Phi) is 4.13. The fourth-order valence-corrected chi connectivity index (χ4v) is 2.60. The van der Waals surface area contributed by atoms with E-state index in [9.17, 15) is 9.50 Å². The highest BCUT2D eigenvalue weighted by Crippen LogP contribution is 2.26. The molecule has 2 atom stereocenters. The molecule has 1 aromatic rings. The number of rotatable bonds is 4. The van der Waals surface area contributed by atoms with E-state index in [-0.39, 0.29) is 11.9 Å². The lowest BCUT2D eigenvalue weighted by Crippen LogP contribution is -2.29. The van der Waals surface area contributed by atoms with Gasteiger partial charge in [-0.3, -0.25) is 0 Å². The number of nitrogens with zero attached hydrogens (tertiary/aromatic N) is 1. The molecule has 2 rings (SSSR count). The van der Waals surface area contributed by atoms with Gasteiger partial charge in [0.1, 0.15) is 5.82 Å². The van der Waals surface area contributed by atoms with Gasteiger partial charge in [-0.25, -0.2) is 4.39 Å². The zero-order chi connectivity index (χ0) is 12.3. The lowest BCUT2D eigenvalue weighted by Gasteiger charge is -2.23. The molecule has 17 heavy (non-hydrogen) atoms. The van der Waals surface area contributed by atoms with E-state index in [0.29, 0.717) is 5.92 Å². The Bertz CT molecular complexity index is 352. The Morgan fingerprint density at radius 3 is 2.59 bits per heavy atom. The van der Waals surface area contributed by atoms with E-state index in [1.807, 2.05) is 19.2 Å². The predicted octanol–water partition coefficient (Wildman–Crippen LogP) is 2.42. The summed E-state index contributed by atoms with van der Waals surface area (Å²) in [4.78, 5) is 2.20. The van der Waals surface area contributed by atoms with Crippen molar-refractivity contribution in [3.63, 3.8) is 0 Å². The van der Waals surface area contributed by atoms with E-state index >= 15 is 0 Å². The van der Waals surface area contributed by atoms with Crippen LogP contribution in [0.5, 0.6) is 0 Å². The van der Waals surface area contributed by atoms with Crippen molar-refractivity contribution in [1.29, 1.82) is 0 Å². The second-order valence-electron chi connectivity index (χ2n) is 5.08. The third-order valence-corrected chi connectivity index (χ3v) is 3.53. The molecule has 0 bridgehead atoms. The number of halogens is 1. The molecule has 0 spiro atoms. The van der Waals surface area contributed by atoms with Gasteiger partial charge in [0, 0.05) is 13.1 Å². The number of hydrogen-bond donors (Lipinski definition) is 1. The van der Waals surface area contributed by atoms with Crippen molar-refractivity contribution >= 4 is 0 Å². The maximum atomic E-state index is 12.8. The maximum Gasteiger partial charge on any atom is 0.123 e. The molecule has 2 nitrogen and oxygen atoms in total. The fourth-order valence-electron chi connectivity index (χ4n) is 2.60. The van der Waals surface area contributed by atoms with E-state index in [0.717, 1.165) is 37.9 Å². The number of aliphatic hydroxyl groups is 1. The molecule has 0 amide bonds. The van der Waals surface area contributed by atoms with Gasteiger partial charge in [-0.1, -0.05) is 18.6 Å². The van der Waals surface area contributed by atoms with Crippen molar-refractivity contribution in [3.8, 4) is 0 Å². The van der Waals surface area contributed by atoms with Gasteiger partial charge in [-0.05, 0) is 43.5 Å². The summed E-state index contributed by atoms with van der Waals surface area (Å²) >= 11 is 0. The zero-order valence-electron chi connectivity index (χ0n) is 10.3. The minimum atomic E-state index is -0.192. The van der Waals surface area contributed by atoms with Crippen LogP contribution in [0.2, 0.25) is 0 Å². The standard InChI is InChI=1S/C14H20FNO/c1-16(10-12-3-2-4-14(12)17)9-11-5-7-13(15)8-6-11/h5-8,12,14,17H,2-4,9-10H2,1H3. The first kappa shape index (κ1) is 12.5. The van der Waals surface area contributed by atoms with Crippen molar-refractivity contribution in [1.82, 2.24) is 4.90 Å². The van der Waals surface area contributed by atoms with Gasteiger partial charge in [0.25, 0.3) is 0 Å². The van der Waals surface area contributed by atoms with E-state index in [1.54, 1.807) is 0 Å². The van der Waals surface area contributed by atoms with Crippen LogP contribution in [0.4, 0.5) is 4.39 Å². The monoisotopic (exact) mass is 237 g/mol. The molecule has 1 saturated carbocycles. The molecule has 1 aliphatic rings. The Hall–Kier alpha value is -0.930. The van der Waals surface area contributed by atoms with Crippen LogP contribution >= 0.6 is 0 Å². The molecule has 3 heteroatoms.